The molecule has 0 bridgehead atoms. The van der Waals surface area contributed by atoms with E-state index in [0.717, 1.165) is 11.4 Å². The number of carbonyl (C=O) groups is 1. The van der Waals surface area contributed by atoms with E-state index in [1.807, 2.05) is 48.8 Å². The van der Waals surface area contributed by atoms with Gasteiger partial charge in [-0.1, -0.05) is 12.1 Å². The van der Waals surface area contributed by atoms with Crippen LogP contribution in [0.3, 0.4) is 0 Å². The summed E-state index contributed by atoms with van der Waals surface area (Å²) in [5, 5.41) is 5.22. The molecule has 24 heavy (non-hydrogen) atoms. The number of ether oxygens (including phenoxy) is 2. The number of anilines is 1. The predicted octanol–water partition coefficient (Wildman–Crippen LogP) is 3.31. The van der Waals surface area contributed by atoms with Gasteiger partial charge >= 0.3 is 0 Å². The Kier molecular flexibility index (Phi) is 3.70. The van der Waals surface area contributed by atoms with E-state index in [-0.39, 0.29) is 12.0 Å². The molecule has 2 atom stereocenters. The molecule has 0 unspecified atom stereocenters. The van der Waals surface area contributed by atoms with Gasteiger partial charge in [-0.05, 0) is 31.2 Å². The first-order chi connectivity index (χ1) is 11.7. The van der Waals surface area contributed by atoms with Gasteiger partial charge in [-0.2, -0.15) is 0 Å². The minimum Gasteiger partial charge on any atom is -0.482 e. The van der Waals surface area contributed by atoms with Crippen molar-refractivity contribution in [2.75, 3.05) is 5.32 Å². The molecule has 0 radical (unpaired) electrons. The highest BCUT2D eigenvalue weighted by atomic mass is 32.1. The Bertz CT molecular complexity index is 860. The summed E-state index contributed by atoms with van der Waals surface area (Å²) >= 11 is 1.37. The van der Waals surface area contributed by atoms with Crippen LogP contribution in [-0.4, -0.2) is 28.1 Å². The monoisotopic (exact) mass is 341 g/mol. The summed E-state index contributed by atoms with van der Waals surface area (Å²) in [5.41, 5.74) is 1.70. The molecule has 0 aliphatic carbocycles. The molecule has 4 rings (SSSR count). The summed E-state index contributed by atoms with van der Waals surface area (Å²) < 4.78 is 11.6. The minimum atomic E-state index is -0.724. The third-order valence-corrected chi connectivity index (χ3v) is 4.47. The van der Waals surface area contributed by atoms with E-state index in [0.29, 0.717) is 16.6 Å². The SMILES string of the molecule is C[C@@H]1Oc2ccccc2O[C@@H]1C(=O)Nc1nc(-c2ccc[nH]2)cs1. The summed E-state index contributed by atoms with van der Waals surface area (Å²) in [6.45, 7) is 1.81. The summed E-state index contributed by atoms with van der Waals surface area (Å²) in [6, 6.07) is 11.2. The first-order valence-electron chi connectivity index (χ1n) is 7.53. The Morgan fingerprint density at radius 3 is 2.75 bits per heavy atom. The minimum absolute atomic E-state index is 0.274. The van der Waals surface area contributed by atoms with Gasteiger partial charge in [-0.3, -0.25) is 10.1 Å². The van der Waals surface area contributed by atoms with Gasteiger partial charge in [0.25, 0.3) is 5.91 Å². The predicted molar refractivity (Wildman–Crippen MR) is 91.5 cm³/mol. The fraction of sp³-hybridized carbons (Fsp3) is 0.176. The number of thiazole rings is 1. The highest BCUT2D eigenvalue weighted by Gasteiger charge is 2.34. The van der Waals surface area contributed by atoms with Crippen LogP contribution in [-0.2, 0) is 4.79 Å². The molecule has 1 aliphatic heterocycles. The molecule has 1 aromatic carbocycles. The van der Waals surface area contributed by atoms with Crippen molar-refractivity contribution in [3.05, 3.63) is 48.0 Å². The number of fused-ring (bicyclic) bond motifs is 1. The zero-order chi connectivity index (χ0) is 16.5. The molecular formula is C17H15N3O3S. The Balaban J connectivity index is 1.49. The number of amides is 1. The van der Waals surface area contributed by atoms with Gasteiger partial charge < -0.3 is 14.5 Å². The molecule has 0 fully saturated rings. The normalized spacial score (nSPS) is 19.0. The molecule has 7 heteroatoms. The van der Waals surface area contributed by atoms with E-state index in [2.05, 4.69) is 15.3 Å². The smallest absolute Gasteiger partial charge is 0.271 e. The van der Waals surface area contributed by atoms with Crippen LogP contribution in [0.5, 0.6) is 11.5 Å². The molecule has 0 saturated heterocycles. The van der Waals surface area contributed by atoms with Gasteiger partial charge in [0.15, 0.2) is 16.6 Å². The number of para-hydroxylation sites is 2. The summed E-state index contributed by atoms with van der Waals surface area (Å²) in [5.74, 6) is 0.948. The van der Waals surface area contributed by atoms with Crippen LogP contribution in [0.25, 0.3) is 11.4 Å². The molecule has 2 aromatic heterocycles. The summed E-state index contributed by atoms with van der Waals surface area (Å²) in [7, 11) is 0. The number of carbonyl (C=O) groups excluding carboxylic acids is 1. The van der Waals surface area contributed by atoms with E-state index in [1.54, 1.807) is 6.07 Å². The Morgan fingerprint density at radius 1 is 1.21 bits per heavy atom. The molecule has 0 spiro atoms. The maximum Gasteiger partial charge on any atom is 0.271 e. The van der Waals surface area contributed by atoms with Crippen LogP contribution in [0.2, 0.25) is 0 Å². The number of aromatic nitrogens is 2. The van der Waals surface area contributed by atoms with E-state index in [9.17, 15) is 4.79 Å². The summed E-state index contributed by atoms with van der Waals surface area (Å²) in [6.07, 6.45) is 0.722. The topological polar surface area (TPSA) is 76.2 Å². The van der Waals surface area contributed by atoms with Gasteiger partial charge in [0.05, 0.1) is 11.4 Å². The van der Waals surface area contributed by atoms with Crippen molar-refractivity contribution in [1.29, 1.82) is 0 Å². The number of hydrogen-bond donors (Lipinski definition) is 2. The first kappa shape index (κ1) is 14.8. The number of hydrogen-bond acceptors (Lipinski definition) is 5. The van der Waals surface area contributed by atoms with Crippen molar-refractivity contribution in [2.45, 2.75) is 19.1 Å². The van der Waals surface area contributed by atoms with Crippen molar-refractivity contribution in [2.24, 2.45) is 0 Å². The van der Waals surface area contributed by atoms with Gasteiger partial charge in [0, 0.05) is 11.6 Å². The van der Waals surface area contributed by atoms with Gasteiger partial charge in [0.2, 0.25) is 6.10 Å². The van der Waals surface area contributed by atoms with E-state index in [1.165, 1.54) is 11.3 Å². The third-order valence-electron chi connectivity index (χ3n) is 3.71. The lowest BCUT2D eigenvalue weighted by Gasteiger charge is -2.30. The van der Waals surface area contributed by atoms with Crippen LogP contribution in [0.1, 0.15) is 6.92 Å². The number of nitrogens with zero attached hydrogens (tertiary/aromatic N) is 1. The average Bonchev–Trinajstić information content (AvgIpc) is 3.25. The molecule has 3 heterocycles. The maximum atomic E-state index is 12.5. The molecule has 1 aliphatic rings. The number of H-pyrrole nitrogens is 1. The highest BCUT2D eigenvalue weighted by Crippen LogP contribution is 2.34. The third kappa shape index (κ3) is 2.74. The van der Waals surface area contributed by atoms with Crippen LogP contribution in [0, 0.1) is 0 Å². The molecular weight excluding hydrogens is 326 g/mol. The van der Waals surface area contributed by atoms with E-state index in [4.69, 9.17) is 9.47 Å². The van der Waals surface area contributed by atoms with Crippen LogP contribution in [0.15, 0.2) is 48.0 Å². The zero-order valence-electron chi connectivity index (χ0n) is 12.9. The molecule has 0 saturated carbocycles. The van der Waals surface area contributed by atoms with Crippen molar-refractivity contribution in [1.82, 2.24) is 9.97 Å². The lowest BCUT2D eigenvalue weighted by atomic mass is 10.1. The van der Waals surface area contributed by atoms with Crippen LogP contribution < -0.4 is 14.8 Å². The average molecular weight is 341 g/mol. The molecule has 2 N–H and O–H groups in total. The Hall–Kier alpha value is -2.80. The maximum absolute atomic E-state index is 12.5. The Morgan fingerprint density at radius 2 is 2.00 bits per heavy atom. The number of aromatic amines is 1. The second kappa shape index (κ2) is 6.01. The molecule has 3 aromatic rings. The number of nitrogens with one attached hydrogen (secondary N) is 2. The van der Waals surface area contributed by atoms with E-state index < -0.39 is 6.10 Å². The summed E-state index contributed by atoms with van der Waals surface area (Å²) in [4.78, 5) is 20.0. The zero-order valence-corrected chi connectivity index (χ0v) is 13.7. The van der Waals surface area contributed by atoms with Gasteiger partial charge in [-0.25, -0.2) is 4.98 Å². The van der Waals surface area contributed by atoms with E-state index >= 15 is 0 Å². The van der Waals surface area contributed by atoms with Crippen molar-refractivity contribution >= 4 is 22.4 Å². The van der Waals surface area contributed by atoms with Crippen molar-refractivity contribution in [3.63, 3.8) is 0 Å². The van der Waals surface area contributed by atoms with Crippen LogP contribution in [0.4, 0.5) is 5.13 Å². The largest absolute Gasteiger partial charge is 0.482 e. The second-order valence-electron chi connectivity index (χ2n) is 5.42. The number of rotatable bonds is 3. The highest BCUT2D eigenvalue weighted by molar-refractivity contribution is 7.14. The van der Waals surface area contributed by atoms with Crippen molar-refractivity contribution < 1.29 is 14.3 Å². The number of benzene rings is 1. The fourth-order valence-electron chi connectivity index (χ4n) is 2.53. The molecule has 6 nitrogen and oxygen atoms in total. The lowest BCUT2D eigenvalue weighted by Crippen LogP contribution is -2.46. The molecule has 122 valence electrons. The standard InChI is InChI=1S/C17H15N3O3S/c1-10-15(23-14-7-3-2-6-13(14)22-10)16(21)20-17-19-12(9-24-17)11-5-4-8-18-11/h2-10,15,18H,1H3,(H,19,20,21)/t10-,15-/m0/s1. The quantitative estimate of drug-likeness (QED) is 0.766. The van der Waals surface area contributed by atoms with Crippen LogP contribution >= 0.6 is 11.3 Å². The first-order valence-corrected chi connectivity index (χ1v) is 8.41. The van der Waals surface area contributed by atoms with Gasteiger partial charge in [-0.15, -0.1) is 11.3 Å². The fourth-order valence-corrected chi connectivity index (χ4v) is 3.24. The lowest BCUT2D eigenvalue weighted by molar-refractivity contribution is -0.128. The molecule has 1 amide bonds. The van der Waals surface area contributed by atoms with Gasteiger partial charge in [0.1, 0.15) is 6.10 Å². The second-order valence-corrected chi connectivity index (χ2v) is 6.28. The Labute approximate surface area is 142 Å². The van der Waals surface area contributed by atoms with Crippen molar-refractivity contribution in [3.8, 4) is 22.9 Å².